The summed E-state index contributed by atoms with van der Waals surface area (Å²) in [7, 11) is 0. The lowest BCUT2D eigenvalue weighted by atomic mass is 9.93. The number of anilines is 1. The molecule has 1 atom stereocenters. The van der Waals surface area contributed by atoms with E-state index in [9.17, 15) is 5.26 Å². The molecule has 124 valence electrons. The van der Waals surface area contributed by atoms with Gasteiger partial charge < -0.3 is 5.32 Å². The summed E-state index contributed by atoms with van der Waals surface area (Å²) in [6.07, 6.45) is 8.17. The molecule has 1 aliphatic rings. The Morgan fingerprint density at radius 2 is 2.04 bits per heavy atom. The Kier molecular flexibility index (Phi) is 4.13. The summed E-state index contributed by atoms with van der Waals surface area (Å²) in [5.41, 5.74) is 4.02. The lowest BCUT2D eigenvalue weighted by Crippen LogP contribution is -2.20. The molecule has 1 aromatic carbocycles. The Labute approximate surface area is 146 Å². The SMILES string of the molecule is N#Cc1nccnc1N[C@@H]1CCCc2c1cnn2Cc1ccccc1. The van der Waals surface area contributed by atoms with E-state index in [-0.39, 0.29) is 6.04 Å². The molecule has 0 saturated carbocycles. The highest BCUT2D eigenvalue weighted by Crippen LogP contribution is 2.32. The van der Waals surface area contributed by atoms with Crippen molar-refractivity contribution in [3.8, 4) is 6.07 Å². The van der Waals surface area contributed by atoms with Crippen LogP contribution in [0.5, 0.6) is 0 Å². The topological polar surface area (TPSA) is 79.4 Å². The van der Waals surface area contributed by atoms with Crippen molar-refractivity contribution in [3.63, 3.8) is 0 Å². The summed E-state index contributed by atoms with van der Waals surface area (Å²) in [5, 5.41) is 17.2. The maximum atomic E-state index is 9.20. The zero-order valence-corrected chi connectivity index (χ0v) is 13.8. The van der Waals surface area contributed by atoms with Crippen LogP contribution in [-0.4, -0.2) is 19.7 Å². The third-order valence-electron chi connectivity index (χ3n) is 4.55. The fraction of sp³-hybridized carbons (Fsp3) is 0.263. The van der Waals surface area contributed by atoms with E-state index < -0.39 is 0 Å². The molecule has 0 amide bonds. The second-order valence-electron chi connectivity index (χ2n) is 6.14. The Morgan fingerprint density at radius 1 is 1.20 bits per heavy atom. The second-order valence-corrected chi connectivity index (χ2v) is 6.14. The summed E-state index contributed by atoms with van der Waals surface area (Å²) in [5.74, 6) is 0.540. The van der Waals surface area contributed by atoms with Crippen molar-refractivity contribution >= 4 is 5.82 Å². The van der Waals surface area contributed by atoms with Gasteiger partial charge >= 0.3 is 0 Å². The van der Waals surface area contributed by atoms with Crippen LogP contribution in [-0.2, 0) is 13.0 Å². The minimum absolute atomic E-state index is 0.108. The van der Waals surface area contributed by atoms with Crippen LogP contribution in [0.15, 0.2) is 48.9 Å². The predicted molar refractivity (Wildman–Crippen MR) is 93.8 cm³/mol. The summed E-state index contributed by atoms with van der Waals surface area (Å²) in [6, 6.07) is 12.6. The van der Waals surface area contributed by atoms with E-state index in [1.54, 1.807) is 6.20 Å². The number of hydrogen-bond acceptors (Lipinski definition) is 5. The number of nitriles is 1. The number of hydrogen-bond donors (Lipinski definition) is 1. The van der Waals surface area contributed by atoms with Gasteiger partial charge in [-0.15, -0.1) is 0 Å². The zero-order chi connectivity index (χ0) is 17.1. The molecular formula is C19H18N6. The number of nitrogens with one attached hydrogen (secondary N) is 1. The first-order chi connectivity index (χ1) is 12.3. The normalized spacial score (nSPS) is 16.0. The molecule has 0 saturated heterocycles. The Hall–Kier alpha value is -3.20. The van der Waals surface area contributed by atoms with Crippen LogP contribution in [0, 0.1) is 11.3 Å². The Bertz CT molecular complexity index is 909. The van der Waals surface area contributed by atoms with Crippen molar-refractivity contribution in [2.45, 2.75) is 31.8 Å². The van der Waals surface area contributed by atoms with Gasteiger partial charge in [-0.05, 0) is 24.8 Å². The average Bonchev–Trinajstić information content (AvgIpc) is 3.07. The van der Waals surface area contributed by atoms with Gasteiger partial charge in [0.15, 0.2) is 11.5 Å². The van der Waals surface area contributed by atoms with Gasteiger partial charge in [0, 0.05) is 23.7 Å². The van der Waals surface area contributed by atoms with Crippen LogP contribution in [0.3, 0.4) is 0 Å². The van der Waals surface area contributed by atoms with Crippen LogP contribution in [0.4, 0.5) is 5.82 Å². The fourth-order valence-corrected chi connectivity index (χ4v) is 3.35. The Balaban J connectivity index is 1.60. The maximum Gasteiger partial charge on any atom is 0.182 e. The lowest BCUT2D eigenvalue weighted by Gasteiger charge is -2.24. The van der Waals surface area contributed by atoms with Crippen LogP contribution >= 0.6 is 0 Å². The molecule has 6 nitrogen and oxygen atoms in total. The van der Waals surface area contributed by atoms with Crippen LogP contribution in [0.1, 0.15) is 41.4 Å². The van der Waals surface area contributed by atoms with Crippen molar-refractivity contribution in [1.29, 1.82) is 5.26 Å². The van der Waals surface area contributed by atoms with Gasteiger partial charge in [-0.25, -0.2) is 9.97 Å². The van der Waals surface area contributed by atoms with Gasteiger partial charge in [-0.3, -0.25) is 4.68 Å². The summed E-state index contributed by atoms with van der Waals surface area (Å²) >= 11 is 0. The highest BCUT2D eigenvalue weighted by Gasteiger charge is 2.25. The standard InChI is InChI=1S/C19H18N6/c20-11-17-19(22-10-9-21-17)24-16-7-4-8-18-15(16)12-23-25(18)13-14-5-2-1-3-6-14/h1-3,5-6,9-10,12,16H,4,7-8,13H2,(H,22,24)/t16-/m1/s1. The molecular weight excluding hydrogens is 312 g/mol. The van der Waals surface area contributed by atoms with Crippen molar-refractivity contribution in [2.75, 3.05) is 5.32 Å². The van der Waals surface area contributed by atoms with E-state index in [4.69, 9.17) is 0 Å². The molecule has 1 N–H and O–H groups in total. The van der Waals surface area contributed by atoms with Gasteiger partial charge in [0.1, 0.15) is 6.07 Å². The smallest absolute Gasteiger partial charge is 0.182 e. The second kappa shape index (κ2) is 6.73. The summed E-state index contributed by atoms with van der Waals surface area (Å²) < 4.78 is 2.08. The van der Waals surface area contributed by atoms with E-state index in [0.29, 0.717) is 11.5 Å². The van der Waals surface area contributed by atoms with E-state index >= 15 is 0 Å². The quantitative estimate of drug-likeness (QED) is 0.795. The molecule has 3 aromatic rings. The molecule has 2 aromatic heterocycles. The third-order valence-corrected chi connectivity index (χ3v) is 4.55. The van der Waals surface area contributed by atoms with E-state index in [2.05, 4.69) is 43.3 Å². The number of aromatic nitrogens is 4. The molecule has 0 aliphatic heterocycles. The van der Waals surface area contributed by atoms with E-state index in [1.165, 1.54) is 23.0 Å². The maximum absolute atomic E-state index is 9.20. The molecule has 1 aliphatic carbocycles. The first-order valence-electron chi connectivity index (χ1n) is 8.41. The molecule has 2 heterocycles. The molecule has 0 fully saturated rings. The number of fused-ring (bicyclic) bond motifs is 1. The summed E-state index contributed by atoms with van der Waals surface area (Å²) in [6.45, 7) is 0.775. The Morgan fingerprint density at radius 3 is 2.88 bits per heavy atom. The highest BCUT2D eigenvalue weighted by molar-refractivity contribution is 5.49. The molecule has 0 radical (unpaired) electrons. The van der Waals surface area contributed by atoms with Crippen molar-refractivity contribution < 1.29 is 0 Å². The number of benzene rings is 1. The average molecular weight is 330 g/mol. The highest BCUT2D eigenvalue weighted by atomic mass is 15.3. The van der Waals surface area contributed by atoms with Gasteiger partial charge in [0.2, 0.25) is 0 Å². The largest absolute Gasteiger partial charge is 0.361 e. The molecule has 25 heavy (non-hydrogen) atoms. The minimum atomic E-state index is 0.108. The van der Waals surface area contributed by atoms with E-state index in [0.717, 1.165) is 25.8 Å². The van der Waals surface area contributed by atoms with Crippen LogP contribution in [0.25, 0.3) is 0 Å². The molecule has 4 rings (SSSR count). The predicted octanol–water partition coefficient (Wildman–Crippen LogP) is 3.08. The van der Waals surface area contributed by atoms with Crippen LogP contribution in [0.2, 0.25) is 0 Å². The minimum Gasteiger partial charge on any atom is -0.361 e. The molecule has 6 heteroatoms. The van der Waals surface area contributed by atoms with Gasteiger partial charge in [0.05, 0.1) is 18.8 Å². The van der Waals surface area contributed by atoms with Gasteiger partial charge in [0.25, 0.3) is 0 Å². The van der Waals surface area contributed by atoms with Gasteiger partial charge in [-0.2, -0.15) is 10.4 Å². The lowest BCUT2D eigenvalue weighted by molar-refractivity contribution is 0.555. The zero-order valence-electron chi connectivity index (χ0n) is 13.8. The monoisotopic (exact) mass is 330 g/mol. The number of nitrogens with zero attached hydrogens (tertiary/aromatic N) is 5. The van der Waals surface area contributed by atoms with Crippen molar-refractivity contribution in [2.24, 2.45) is 0 Å². The fourth-order valence-electron chi connectivity index (χ4n) is 3.35. The van der Waals surface area contributed by atoms with Crippen molar-refractivity contribution in [3.05, 3.63) is 71.4 Å². The van der Waals surface area contributed by atoms with E-state index in [1.807, 2.05) is 24.4 Å². The van der Waals surface area contributed by atoms with Crippen LogP contribution < -0.4 is 5.32 Å². The van der Waals surface area contributed by atoms with Gasteiger partial charge in [-0.1, -0.05) is 30.3 Å². The first kappa shape index (κ1) is 15.3. The number of rotatable bonds is 4. The first-order valence-corrected chi connectivity index (χ1v) is 8.41. The molecule has 0 spiro atoms. The molecule has 0 bridgehead atoms. The van der Waals surface area contributed by atoms with Crippen molar-refractivity contribution in [1.82, 2.24) is 19.7 Å². The molecule has 0 unspecified atom stereocenters. The third kappa shape index (κ3) is 3.09. The summed E-state index contributed by atoms with van der Waals surface area (Å²) in [4.78, 5) is 8.34.